The summed E-state index contributed by atoms with van der Waals surface area (Å²) in [6, 6.07) is 11.1. The molecule has 3 rings (SSSR count). The van der Waals surface area contributed by atoms with E-state index in [-0.39, 0.29) is 5.60 Å². The van der Waals surface area contributed by atoms with Crippen LogP contribution in [0.3, 0.4) is 0 Å². The summed E-state index contributed by atoms with van der Waals surface area (Å²) in [6.07, 6.45) is 7.47. The van der Waals surface area contributed by atoms with Crippen molar-refractivity contribution in [1.82, 2.24) is 5.32 Å². The van der Waals surface area contributed by atoms with E-state index in [0.717, 1.165) is 19.7 Å². The molecule has 1 saturated carbocycles. The topological polar surface area (TPSA) is 33.3 Å². The van der Waals surface area contributed by atoms with Crippen LogP contribution in [0.4, 0.5) is 5.69 Å². The molecule has 0 amide bonds. The van der Waals surface area contributed by atoms with Crippen LogP contribution in [-0.4, -0.2) is 31.3 Å². The number of hydrogen-bond donors (Lipinski definition) is 2. The van der Waals surface area contributed by atoms with Crippen molar-refractivity contribution in [3.63, 3.8) is 0 Å². The average Bonchev–Trinajstić information content (AvgIpc) is 2.47. The van der Waals surface area contributed by atoms with Gasteiger partial charge in [0, 0.05) is 24.9 Å². The number of hydrogen-bond acceptors (Lipinski definition) is 3. The number of anilines is 1. The maximum Gasteiger partial charge on any atom is 0.0697 e. The van der Waals surface area contributed by atoms with Crippen molar-refractivity contribution in [2.24, 2.45) is 0 Å². The van der Waals surface area contributed by atoms with Gasteiger partial charge in [0.2, 0.25) is 0 Å². The van der Waals surface area contributed by atoms with E-state index in [1.54, 1.807) is 0 Å². The van der Waals surface area contributed by atoms with Crippen molar-refractivity contribution in [2.75, 3.05) is 25.0 Å². The van der Waals surface area contributed by atoms with E-state index in [0.29, 0.717) is 6.04 Å². The van der Waals surface area contributed by atoms with E-state index >= 15 is 0 Å². The van der Waals surface area contributed by atoms with E-state index in [4.69, 9.17) is 4.74 Å². The minimum Gasteiger partial charge on any atom is -0.385 e. The van der Waals surface area contributed by atoms with Crippen molar-refractivity contribution < 1.29 is 4.74 Å². The summed E-state index contributed by atoms with van der Waals surface area (Å²) >= 11 is 0. The Labute approximate surface area is 122 Å². The summed E-state index contributed by atoms with van der Waals surface area (Å²) in [7, 11) is 0. The second-order valence-electron chi connectivity index (χ2n) is 6.18. The molecule has 110 valence electrons. The van der Waals surface area contributed by atoms with Gasteiger partial charge >= 0.3 is 0 Å². The molecular formula is C17H26N2O. The molecule has 0 aromatic heterocycles. The largest absolute Gasteiger partial charge is 0.385 e. The fraction of sp³-hybridized carbons (Fsp3) is 0.647. The standard InChI is InChI=1S/C17H26N2O/c1-2-6-15(7-3-1)18-11-5-12-19-16-8-13-20-17(14-16)9-4-10-17/h1-3,6-7,16,18-19H,4-5,8-14H2. The molecule has 20 heavy (non-hydrogen) atoms. The van der Waals surface area contributed by atoms with Crippen LogP contribution in [-0.2, 0) is 4.74 Å². The average molecular weight is 274 g/mol. The monoisotopic (exact) mass is 274 g/mol. The fourth-order valence-electron chi connectivity index (χ4n) is 3.30. The lowest BCUT2D eigenvalue weighted by atomic mass is 9.74. The number of nitrogens with one attached hydrogen (secondary N) is 2. The molecule has 1 spiro atoms. The Morgan fingerprint density at radius 3 is 2.75 bits per heavy atom. The highest BCUT2D eigenvalue weighted by Gasteiger charge is 2.42. The van der Waals surface area contributed by atoms with Crippen molar-refractivity contribution in [3.05, 3.63) is 30.3 Å². The molecule has 1 unspecified atom stereocenters. The van der Waals surface area contributed by atoms with E-state index in [1.165, 1.54) is 44.2 Å². The molecule has 1 aliphatic carbocycles. The highest BCUT2D eigenvalue weighted by Crippen LogP contribution is 2.42. The van der Waals surface area contributed by atoms with Crippen LogP contribution >= 0.6 is 0 Å². The Balaban J connectivity index is 1.30. The molecule has 1 atom stereocenters. The van der Waals surface area contributed by atoms with Gasteiger partial charge in [0.05, 0.1) is 5.60 Å². The highest BCUT2D eigenvalue weighted by molar-refractivity contribution is 5.42. The van der Waals surface area contributed by atoms with Gasteiger partial charge in [0.15, 0.2) is 0 Å². The number of benzene rings is 1. The second kappa shape index (κ2) is 6.59. The van der Waals surface area contributed by atoms with Crippen molar-refractivity contribution in [1.29, 1.82) is 0 Å². The van der Waals surface area contributed by atoms with Gasteiger partial charge < -0.3 is 15.4 Å². The van der Waals surface area contributed by atoms with Crippen LogP contribution in [0.1, 0.15) is 38.5 Å². The SMILES string of the molecule is c1ccc(NCCCNC2CCOC3(CCC3)C2)cc1. The molecule has 0 radical (unpaired) electrons. The van der Waals surface area contributed by atoms with E-state index < -0.39 is 0 Å². The molecule has 2 aliphatic rings. The molecule has 1 aliphatic heterocycles. The van der Waals surface area contributed by atoms with Gasteiger partial charge in [-0.3, -0.25) is 0 Å². The van der Waals surface area contributed by atoms with Gasteiger partial charge in [-0.2, -0.15) is 0 Å². The molecule has 2 N–H and O–H groups in total. The first-order valence-electron chi connectivity index (χ1n) is 8.03. The number of para-hydroxylation sites is 1. The lowest BCUT2D eigenvalue weighted by Gasteiger charge is -2.47. The summed E-state index contributed by atoms with van der Waals surface area (Å²) in [5.41, 5.74) is 1.48. The van der Waals surface area contributed by atoms with Crippen LogP contribution in [0.25, 0.3) is 0 Å². The molecular weight excluding hydrogens is 248 g/mol. The van der Waals surface area contributed by atoms with E-state index in [2.05, 4.69) is 34.9 Å². The van der Waals surface area contributed by atoms with Crippen LogP contribution in [0.5, 0.6) is 0 Å². The maximum absolute atomic E-state index is 5.96. The molecule has 0 bridgehead atoms. The molecule has 3 heteroatoms. The Morgan fingerprint density at radius 1 is 1.15 bits per heavy atom. The third-order valence-corrected chi connectivity index (χ3v) is 4.65. The lowest BCUT2D eigenvalue weighted by molar-refractivity contribution is -0.135. The third kappa shape index (κ3) is 3.53. The van der Waals surface area contributed by atoms with Gasteiger partial charge in [-0.25, -0.2) is 0 Å². The zero-order chi connectivity index (χ0) is 13.7. The molecule has 2 fully saturated rings. The van der Waals surface area contributed by atoms with Gasteiger partial charge in [-0.15, -0.1) is 0 Å². The predicted octanol–water partition coefficient (Wildman–Crippen LogP) is 3.18. The van der Waals surface area contributed by atoms with Gasteiger partial charge in [0.1, 0.15) is 0 Å². The Hall–Kier alpha value is -1.06. The van der Waals surface area contributed by atoms with Crippen molar-refractivity contribution in [3.8, 4) is 0 Å². The Bertz CT molecular complexity index is 403. The summed E-state index contributed by atoms with van der Waals surface area (Å²) in [4.78, 5) is 0. The van der Waals surface area contributed by atoms with Crippen LogP contribution < -0.4 is 10.6 Å². The lowest BCUT2D eigenvalue weighted by Crippen LogP contribution is -2.51. The highest BCUT2D eigenvalue weighted by atomic mass is 16.5. The smallest absolute Gasteiger partial charge is 0.0697 e. The first kappa shape index (κ1) is 13.9. The van der Waals surface area contributed by atoms with Crippen molar-refractivity contribution >= 4 is 5.69 Å². The summed E-state index contributed by atoms with van der Waals surface area (Å²) in [5, 5.41) is 7.17. The van der Waals surface area contributed by atoms with Gasteiger partial charge in [-0.05, 0) is 57.2 Å². The first-order chi connectivity index (χ1) is 9.86. The van der Waals surface area contributed by atoms with E-state index in [9.17, 15) is 0 Å². The molecule has 1 aromatic carbocycles. The number of rotatable bonds is 6. The quantitative estimate of drug-likeness (QED) is 0.782. The Morgan fingerprint density at radius 2 is 2.00 bits per heavy atom. The van der Waals surface area contributed by atoms with Crippen LogP contribution in [0.15, 0.2) is 30.3 Å². The molecule has 1 aromatic rings. The Kier molecular flexibility index (Phi) is 4.58. The normalized spacial score (nSPS) is 24.3. The predicted molar refractivity (Wildman–Crippen MR) is 83.1 cm³/mol. The molecule has 3 nitrogen and oxygen atoms in total. The van der Waals surface area contributed by atoms with Gasteiger partial charge in [0.25, 0.3) is 0 Å². The summed E-state index contributed by atoms with van der Waals surface area (Å²) < 4.78 is 5.96. The maximum atomic E-state index is 5.96. The number of ether oxygens (including phenoxy) is 1. The van der Waals surface area contributed by atoms with Crippen molar-refractivity contribution in [2.45, 2.75) is 50.2 Å². The zero-order valence-corrected chi connectivity index (χ0v) is 12.2. The molecule has 1 heterocycles. The van der Waals surface area contributed by atoms with Crippen LogP contribution in [0.2, 0.25) is 0 Å². The third-order valence-electron chi connectivity index (χ3n) is 4.65. The first-order valence-corrected chi connectivity index (χ1v) is 8.03. The zero-order valence-electron chi connectivity index (χ0n) is 12.2. The minimum atomic E-state index is 0.262. The summed E-state index contributed by atoms with van der Waals surface area (Å²) in [6.45, 7) is 3.08. The van der Waals surface area contributed by atoms with Crippen LogP contribution in [0, 0.1) is 0 Å². The molecule has 1 saturated heterocycles. The van der Waals surface area contributed by atoms with Gasteiger partial charge in [-0.1, -0.05) is 18.2 Å². The second-order valence-corrected chi connectivity index (χ2v) is 6.18. The van der Waals surface area contributed by atoms with E-state index in [1.807, 2.05) is 6.07 Å². The fourth-order valence-corrected chi connectivity index (χ4v) is 3.30. The minimum absolute atomic E-state index is 0.262. The summed E-state index contributed by atoms with van der Waals surface area (Å²) in [5.74, 6) is 0.